The second-order valence-corrected chi connectivity index (χ2v) is 4.35. The summed E-state index contributed by atoms with van der Waals surface area (Å²) in [6, 6.07) is 9.00. The first kappa shape index (κ1) is 9.54. The van der Waals surface area contributed by atoms with Crippen LogP contribution in [0.25, 0.3) is 21.9 Å². The molecule has 3 aromatic rings. The Bertz CT molecular complexity index is 749. The lowest BCUT2D eigenvalue weighted by molar-refractivity contribution is 0.569. The zero-order valence-corrected chi connectivity index (χ0v) is 9.69. The molecule has 0 saturated heterocycles. The summed E-state index contributed by atoms with van der Waals surface area (Å²) >= 11 is 3.34. The molecule has 2 heterocycles. The largest absolute Gasteiger partial charge is 0.422 e. The van der Waals surface area contributed by atoms with E-state index >= 15 is 0 Å². The third kappa shape index (κ3) is 1.34. The molecule has 0 unspecified atom stereocenters. The van der Waals surface area contributed by atoms with Gasteiger partial charge in [0.25, 0.3) is 0 Å². The van der Waals surface area contributed by atoms with Crippen LogP contribution in [0.4, 0.5) is 0 Å². The molecule has 0 aliphatic heterocycles. The molecular formula is C12H6BrNO2. The Morgan fingerprint density at radius 3 is 2.94 bits per heavy atom. The Morgan fingerprint density at radius 2 is 2.06 bits per heavy atom. The number of hydrogen-bond donors (Lipinski definition) is 0. The molecule has 2 aromatic heterocycles. The van der Waals surface area contributed by atoms with Crippen molar-refractivity contribution in [3.8, 4) is 0 Å². The van der Waals surface area contributed by atoms with Crippen molar-refractivity contribution in [1.29, 1.82) is 0 Å². The second kappa shape index (κ2) is 3.42. The van der Waals surface area contributed by atoms with E-state index in [0.29, 0.717) is 16.5 Å². The van der Waals surface area contributed by atoms with Gasteiger partial charge < -0.3 is 4.42 Å². The third-order valence-corrected chi connectivity index (χ3v) is 2.92. The van der Waals surface area contributed by atoms with E-state index in [2.05, 4.69) is 20.9 Å². The van der Waals surface area contributed by atoms with Gasteiger partial charge in [0.2, 0.25) is 0 Å². The number of benzene rings is 1. The van der Waals surface area contributed by atoms with Crippen LogP contribution in [0.1, 0.15) is 0 Å². The molecule has 0 saturated carbocycles. The molecule has 0 spiro atoms. The smallest absolute Gasteiger partial charge is 0.345 e. The minimum Gasteiger partial charge on any atom is -0.422 e. The highest BCUT2D eigenvalue weighted by molar-refractivity contribution is 9.10. The van der Waals surface area contributed by atoms with Crippen LogP contribution in [-0.2, 0) is 0 Å². The first-order valence-electron chi connectivity index (χ1n) is 4.73. The zero-order valence-electron chi connectivity index (χ0n) is 8.11. The number of pyridine rings is 1. The van der Waals surface area contributed by atoms with Crippen LogP contribution in [0.2, 0.25) is 0 Å². The molecule has 0 fully saturated rings. The molecule has 1 aromatic carbocycles. The maximum atomic E-state index is 11.7. The lowest BCUT2D eigenvalue weighted by Crippen LogP contribution is -2.00. The van der Waals surface area contributed by atoms with Crippen molar-refractivity contribution in [3.63, 3.8) is 0 Å². The summed E-state index contributed by atoms with van der Waals surface area (Å²) in [4.78, 5) is 15.9. The Labute approximate surface area is 98.8 Å². The second-order valence-electron chi connectivity index (χ2n) is 3.43. The highest BCUT2D eigenvalue weighted by Crippen LogP contribution is 2.23. The summed E-state index contributed by atoms with van der Waals surface area (Å²) in [6.45, 7) is 0. The quantitative estimate of drug-likeness (QED) is 0.468. The number of aromatic nitrogens is 1. The fourth-order valence-corrected chi connectivity index (χ4v) is 2.06. The minimum absolute atomic E-state index is 0.353. The lowest BCUT2D eigenvalue weighted by Gasteiger charge is -2.01. The number of rotatable bonds is 0. The van der Waals surface area contributed by atoms with E-state index in [1.54, 1.807) is 24.4 Å². The molecule has 0 atom stereocenters. The number of fused-ring (bicyclic) bond motifs is 3. The van der Waals surface area contributed by atoms with Crippen LogP contribution in [0.15, 0.2) is 50.2 Å². The topological polar surface area (TPSA) is 43.1 Å². The van der Waals surface area contributed by atoms with E-state index in [4.69, 9.17) is 4.42 Å². The maximum Gasteiger partial charge on any atom is 0.345 e. The van der Waals surface area contributed by atoms with Crippen molar-refractivity contribution >= 4 is 37.8 Å². The summed E-state index contributed by atoms with van der Waals surface area (Å²) in [5, 5.41) is 1.36. The van der Waals surface area contributed by atoms with Gasteiger partial charge in [0.15, 0.2) is 0 Å². The first-order valence-corrected chi connectivity index (χ1v) is 5.52. The minimum atomic E-state index is -0.353. The molecule has 0 bridgehead atoms. The van der Waals surface area contributed by atoms with Crippen LogP contribution in [0.3, 0.4) is 0 Å². The first-order chi connectivity index (χ1) is 7.75. The molecule has 0 aliphatic rings. The van der Waals surface area contributed by atoms with Crippen LogP contribution >= 0.6 is 15.9 Å². The normalized spacial score (nSPS) is 11.1. The molecular weight excluding hydrogens is 270 g/mol. The molecule has 0 radical (unpaired) electrons. The van der Waals surface area contributed by atoms with E-state index in [-0.39, 0.29) is 5.63 Å². The molecule has 0 N–H and O–H groups in total. The van der Waals surface area contributed by atoms with Crippen molar-refractivity contribution < 1.29 is 4.42 Å². The Kier molecular flexibility index (Phi) is 2.04. The molecule has 3 nitrogen and oxygen atoms in total. The van der Waals surface area contributed by atoms with Crippen molar-refractivity contribution in [3.05, 3.63) is 51.4 Å². The molecule has 4 heteroatoms. The van der Waals surface area contributed by atoms with Gasteiger partial charge in [-0.25, -0.2) is 4.79 Å². The van der Waals surface area contributed by atoms with Crippen LogP contribution < -0.4 is 5.63 Å². The average Bonchev–Trinajstić information content (AvgIpc) is 2.29. The van der Waals surface area contributed by atoms with Gasteiger partial charge in [0, 0.05) is 16.1 Å². The molecule has 78 valence electrons. The van der Waals surface area contributed by atoms with Gasteiger partial charge >= 0.3 is 5.63 Å². The Hall–Kier alpha value is -1.68. The van der Waals surface area contributed by atoms with Crippen molar-refractivity contribution in [2.75, 3.05) is 0 Å². The van der Waals surface area contributed by atoms with Crippen molar-refractivity contribution in [2.45, 2.75) is 0 Å². The third-order valence-electron chi connectivity index (χ3n) is 2.43. The van der Waals surface area contributed by atoms with Crippen molar-refractivity contribution in [2.24, 2.45) is 0 Å². The van der Waals surface area contributed by atoms with Gasteiger partial charge in [-0.2, -0.15) is 0 Å². The van der Waals surface area contributed by atoms with Crippen molar-refractivity contribution in [1.82, 2.24) is 4.98 Å². The Balaban J connectivity index is 2.64. The molecule has 0 aliphatic carbocycles. The number of halogens is 1. The van der Waals surface area contributed by atoms with E-state index in [9.17, 15) is 4.79 Å². The van der Waals surface area contributed by atoms with E-state index in [0.717, 1.165) is 9.86 Å². The standard InChI is InChI=1S/C12H6BrNO2/c13-7-3-4-8-10(6-7)16-12(15)9-2-1-5-14-11(8)9/h1-6H. The van der Waals surface area contributed by atoms with Crippen LogP contribution in [0.5, 0.6) is 0 Å². The molecule has 0 amide bonds. The predicted molar refractivity (Wildman–Crippen MR) is 65.5 cm³/mol. The summed E-state index contributed by atoms with van der Waals surface area (Å²) in [5.41, 5.74) is 0.875. The van der Waals surface area contributed by atoms with Crippen LogP contribution in [0, 0.1) is 0 Å². The van der Waals surface area contributed by atoms with Gasteiger partial charge in [-0.05, 0) is 30.3 Å². The SMILES string of the molecule is O=c1oc2cc(Br)ccc2c2ncccc12. The maximum absolute atomic E-state index is 11.7. The summed E-state index contributed by atoms with van der Waals surface area (Å²) in [6.07, 6.45) is 1.67. The van der Waals surface area contributed by atoms with Gasteiger partial charge in [-0.1, -0.05) is 15.9 Å². The molecule has 16 heavy (non-hydrogen) atoms. The summed E-state index contributed by atoms with van der Waals surface area (Å²) in [5.74, 6) is 0. The van der Waals surface area contributed by atoms with Crippen LogP contribution in [-0.4, -0.2) is 4.98 Å². The molecule has 3 rings (SSSR count). The highest BCUT2D eigenvalue weighted by Gasteiger charge is 2.07. The highest BCUT2D eigenvalue weighted by atomic mass is 79.9. The summed E-state index contributed by atoms with van der Waals surface area (Å²) in [7, 11) is 0. The fraction of sp³-hybridized carbons (Fsp3) is 0. The number of hydrogen-bond acceptors (Lipinski definition) is 3. The predicted octanol–water partition coefficient (Wildman–Crippen LogP) is 3.10. The Morgan fingerprint density at radius 1 is 1.19 bits per heavy atom. The monoisotopic (exact) mass is 275 g/mol. The van der Waals surface area contributed by atoms with Gasteiger partial charge in [-0.3, -0.25) is 4.98 Å². The van der Waals surface area contributed by atoms with Gasteiger partial charge in [0.1, 0.15) is 5.58 Å². The van der Waals surface area contributed by atoms with E-state index in [1.165, 1.54) is 0 Å². The average molecular weight is 276 g/mol. The fourth-order valence-electron chi connectivity index (χ4n) is 1.72. The lowest BCUT2D eigenvalue weighted by atomic mass is 10.1. The van der Waals surface area contributed by atoms with Gasteiger partial charge in [-0.15, -0.1) is 0 Å². The zero-order chi connectivity index (χ0) is 11.1. The van der Waals surface area contributed by atoms with Gasteiger partial charge in [0.05, 0.1) is 10.9 Å². The van der Waals surface area contributed by atoms with E-state index < -0.39 is 0 Å². The summed E-state index contributed by atoms with van der Waals surface area (Å²) < 4.78 is 6.10. The number of nitrogens with zero attached hydrogens (tertiary/aromatic N) is 1. The van der Waals surface area contributed by atoms with E-state index in [1.807, 2.05) is 12.1 Å².